The van der Waals surface area contributed by atoms with Crippen LogP contribution in [0.25, 0.3) is 0 Å². The summed E-state index contributed by atoms with van der Waals surface area (Å²) in [5.41, 5.74) is 0. The van der Waals surface area contributed by atoms with Crippen molar-refractivity contribution in [3.8, 4) is 0 Å². The lowest BCUT2D eigenvalue weighted by Crippen LogP contribution is -2.40. The molecule has 1 saturated heterocycles. The summed E-state index contributed by atoms with van der Waals surface area (Å²) in [6.45, 7) is 9.86. The van der Waals surface area contributed by atoms with E-state index in [1.807, 2.05) is 0 Å². The molecule has 0 aromatic carbocycles. The Morgan fingerprint density at radius 1 is 1.06 bits per heavy atom. The third-order valence-electron chi connectivity index (χ3n) is 4.20. The van der Waals surface area contributed by atoms with E-state index in [2.05, 4.69) is 24.1 Å². The Hall–Kier alpha value is -0.0800. The molecule has 0 spiro atoms. The van der Waals surface area contributed by atoms with Gasteiger partial charge in [-0.15, -0.1) is 0 Å². The molecule has 2 nitrogen and oxygen atoms in total. The highest BCUT2D eigenvalue weighted by atomic mass is 15.1. The summed E-state index contributed by atoms with van der Waals surface area (Å²) in [7, 11) is 0. The molecule has 2 heteroatoms. The van der Waals surface area contributed by atoms with Crippen molar-refractivity contribution in [2.24, 2.45) is 11.8 Å². The first-order valence-corrected chi connectivity index (χ1v) is 7.20. The van der Waals surface area contributed by atoms with Crippen molar-refractivity contribution in [3.05, 3.63) is 0 Å². The van der Waals surface area contributed by atoms with E-state index in [0.29, 0.717) is 0 Å². The molecule has 16 heavy (non-hydrogen) atoms. The quantitative estimate of drug-likeness (QED) is 0.746. The lowest BCUT2D eigenvalue weighted by atomic mass is 9.97. The average Bonchev–Trinajstić information content (AvgIpc) is 3.09. The average molecular weight is 224 g/mol. The Morgan fingerprint density at radius 3 is 2.31 bits per heavy atom. The largest absolute Gasteiger partial charge is 0.317 e. The predicted octanol–water partition coefficient (Wildman–Crippen LogP) is 2.50. The van der Waals surface area contributed by atoms with Gasteiger partial charge in [0.25, 0.3) is 0 Å². The highest BCUT2D eigenvalue weighted by Crippen LogP contribution is 2.32. The summed E-state index contributed by atoms with van der Waals surface area (Å²) in [4.78, 5) is 2.72. The zero-order valence-corrected chi connectivity index (χ0v) is 11.0. The Bertz CT molecular complexity index is 193. The second-order valence-electron chi connectivity index (χ2n) is 6.01. The Labute approximate surface area is 101 Å². The lowest BCUT2D eigenvalue weighted by Gasteiger charge is -2.32. The molecule has 0 bridgehead atoms. The van der Waals surface area contributed by atoms with Gasteiger partial charge in [0.2, 0.25) is 0 Å². The molecule has 1 saturated carbocycles. The topological polar surface area (TPSA) is 15.3 Å². The molecule has 2 fully saturated rings. The van der Waals surface area contributed by atoms with Crippen molar-refractivity contribution < 1.29 is 0 Å². The number of hydrogen-bond donors (Lipinski definition) is 1. The van der Waals surface area contributed by atoms with Crippen molar-refractivity contribution in [2.75, 3.05) is 26.2 Å². The fourth-order valence-corrected chi connectivity index (χ4v) is 2.71. The third kappa shape index (κ3) is 4.06. The third-order valence-corrected chi connectivity index (χ3v) is 4.20. The van der Waals surface area contributed by atoms with Gasteiger partial charge in [-0.05, 0) is 64.6 Å². The van der Waals surface area contributed by atoms with E-state index in [-0.39, 0.29) is 0 Å². The zero-order chi connectivity index (χ0) is 11.4. The van der Waals surface area contributed by atoms with Crippen LogP contribution in [0.5, 0.6) is 0 Å². The Kier molecular flexibility index (Phi) is 4.66. The molecule has 0 aromatic heterocycles. The molecule has 1 heterocycles. The van der Waals surface area contributed by atoms with Crippen LogP contribution in [0.4, 0.5) is 0 Å². The van der Waals surface area contributed by atoms with Gasteiger partial charge in [0.1, 0.15) is 0 Å². The molecule has 2 rings (SSSR count). The first-order chi connectivity index (χ1) is 7.75. The maximum absolute atomic E-state index is 3.46. The van der Waals surface area contributed by atoms with Crippen molar-refractivity contribution in [1.29, 1.82) is 0 Å². The van der Waals surface area contributed by atoms with Crippen molar-refractivity contribution >= 4 is 0 Å². The standard InChI is InChI=1S/C14H28N2/c1-12(2)16(10-7-13-3-4-13)11-14-5-8-15-9-6-14/h12-15H,3-11H2,1-2H3. The van der Waals surface area contributed by atoms with Crippen LogP contribution in [0.1, 0.15) is 46.0 Å². The molecular formula is C14H28N2. The molecule has 0 amide bonds. The SMILES string of the molecule is CC(C)N(CCC1CC1)CC1CCNCC1. The zero-order valence-electron chi connectivity index (χ0n) is 11.0. The van der Waals surface area contributed by atoms with Gasteiger partial charge in [0.15, 0.2) is 0 Å². The van der Waals surface area contributed by atoms with Gasteiger partial charge < -0.3 is 10.2 Å². The van der Waals surface area contributed by atoms with E-state index < -0.39 is 0 Å². The molecular weight excluding hydrogens is 196 g/mol. The lowest BCUT2D eigenvalue weighted by molar-refractivity contribution is 0.165. The van der Waals surface area contributed by atoms with Crippen LogP contribution >= 0.6 is 0 Å². The van der Waals surface area contributed by atoms with Gasteiger partial charge in [-0.2, -0.15) is 0 Å². The number of hydrogen-bond acceptors (Lipinski definition) is 2. The molecule has 0 unspecified atom stereocenters. The molecule has 94 valence electrons. The summed E-state index contributed by atoms with van der Waals surface area (Å²) in [5.74, 6) is 2.03. The van der Waals surface area contributed by atoms with Gasteiger partial charge in [-0.3, -0.25) is 0 Å². The van der Waals surface area contributed by atoms with Crippen LogP contribution in [0.15, 0.2) is 0 Å². The number of nitrogens with zero attached hydrogens (tertiary/aromatic N) is 1. The summed E-state index contributed by atoms with van der Waals surface area (Å²) in [5, 5.41) is 3.46. The summed E-state index contributed by atoms with van der Waals surface area (Å²) >= 11 is 0. The van der Waals surface area contributed by atoms with Gasteiger partial charge in [0.05, 0.1) is 0 Å². The van der Waals surface area contributed by atoms with Crippen LogP contribution in [0, 0.1) is 11.8 Å². The van der Waals surface area contributed by atoms with E-state index in [9.17, 15) is 0 Å². The van der Waals surface area contributed by atoms with E-state index in [1.165, 1.54) is 58.3 Å². The normalized spacial score (nSPS) is 23.2. The van der Waals surface area contributed by atoms with Gasteiger partial charge in [-0.25, -0.2) is 0 Å². The smallest absolute Gasteiger partial charge is 0.00387 e. The highest BCUT2D eigenvalue weighted by Gasteiger charge is 2.24. The molecule has 0 atom stereocenters. The predicted molar refractivity (Wildman–Crippen MR) is 69.6 cm³/mol. The summed E-state index contributed by atoms with van der Waals surface area (Å²) < 4.78 is 0. The van der Waals surface area contributed by atoms with E-state index >= 15 is 0 Å². The molecule has 0 radical (unpaired) electrons. The second kappa shape index (κ2) is 6.02. The number of rotatable bonds is 6. The minimum Gasteiger partial charge on any atom is -0.317 e. The van der Waals surface area contributed by atoms with Gasteiger partial charge >= 0.3 is 0 Å². The maximum atomic E-state index is 3.46. The van der Waals surface area contributed by atoms with Crippen LogP contribution < -0.4 is 5.32 Å². The van der Waals surface area contributed by atoms with Crippen LogP contribution in [-0.2, 0) is 0 Å². The maximum Gasteiger partial charge on any atom is 0.00387 e. The van der Waals surface area contributed by atoms with Gasteiger partial charge in [0, 0.05) is 12.6 Å². The first-order valence-electron chi connectivity index (χ1n) is 7.20. The molecule has 0 aromatic rings. The van der Waals surface area contributed by atoms with E-state index in [1.54, 1.807) is 0 Å². The Morgan fingerprint density at radius 2 is 1.75 bits per heavy atom. The van der Waals surface area contributed by atoms with Crippen LogP contribution in [0.3, 0.4) is 0 Å². The van der Waals surface area contributed by atoms with Crippen molar-refractivity contribution in [2.45, 2.75) is 52.0 Å². The van der Waals surface area contributed by atoms with Gasteiger partial charge in [-0.1, -0.05) is 12.8 Å². The molecule has 1 aliphatic heterocycles. The minimum atomic E-state index is 0.730. The fourth-order valence-electron chi connectivity index (χ4n) is 2.71. The summed E-state index contributed by atoms with van der Waals surface area (Å²) in [6.07, 6.45) is 7.21. The number of nitrogens with one attached hydrogen (secondary N) is 1. The van der Waals surface area contributed by atoms with Crippen molar-refractivity contribution in [3.63, 3.8) is 0 Å². The van der Waals surface area contributed by atoms with Crippen LogP contribution in [-0.4, -0.2) is 37.1 Å². The first kappa shape index (κ1) is 12.4. The van der Waals surface area contributed by atoms with Crippen molar-refractivity contribution in [1.82, 2.24) is 10.2 Å². The molecule has 2 aliphatic rings. The van der Waals surface area contributed by atoms with E-state index in [4.69, 9.17) is 0 Å². The molecule has 1 aliphatic carbocycles. The summed E-state index contributed by atoms with van der Waals surface area (Å²) in [6, 6.07) is 0.730. The number of piperidine rings is 1. The Balaban J connectivity index is 1.71. The fraction of sp³-hybridized carbons (Fsp3) is 1.00. The molecule has 1 N–H and O–H groups in total. The van der Waals surface area contributed by atoms with Crippen LogP contribution in [0.2, 0.25) is 0 Å². The minimum absolute atomic E-state index is 0.730. The van der Waals surface area contributed by atoms with E-state index in [0.717, 1.165) is 17.9 Å². The highest BCUT2D eigenvalue weighted by molar-refractivity contribution is 4.78. The monoisotopic (exact) mass is 224 g/mol. The second-order valence-corrected chi connectivity index (χ2v) is 6.01.